The van der Waals surface area contributed by atoms with Gasteiger partial charge in [-0.2, -0.15) is 0 Å². The van der Waals surface area contributed by atoms with Crippen molar-refractivity contribution in [2.75, 3.05) is 6.61 Å². The highest BCUT2D eigenvalue weighted by atomic mass is 16.8. The van der Waals surface area contributed by atoms with Crippen molar-refractivity contribution >= 4 is 5.97 Å². The number of rotatable bonds is 4. The molecule has 0 spiro atoms. The molecule has 0 amide bonds. The van der Waals surface area contributed by atoms with Gasteiger partial charge in [0.2, 0.25) is 0 Å². The maximum atomic E-state index is 13.0. The van der Waals surface area contributed by atoms with Crippen LogP contribution >= 0.6 is 0 Å². The van der Waals surface area contributed by atoms with Crippen LogP contribution in [0.4, 0.5) is 0 Å². The number of benzene rings is 1. The molecule has 1 saturated heterocycles. The Bertz CT molecular complexity index is 624. The van der Waals surface area contributed by atoms with Gasteiger partial charge in [0.25, 0.3) is 0 Å². The SMILES string of the molecule is CC1(C)O[C@@H]2[C@H]3C[C@@](C(=O)OCc4ccccc4)(C[C@H]3CO)[C@@H]2O1. The predicted molar refractivity (Wildman–Crippen MR) is 85.8 cm³/mol. The van der Waals surface area contributed by atoms with Gasteiger partial charge < -0.3 is 19.3 Å². The van der Waals surface area contributed by atoms with Crippen molar-refractivity contribution in [2.45, 2.75) is 51.3 Å². The second-order valence-electron chi connectivity index (χ2n) is 7.75. The van der Waals surface area contributed by atoms with Crippen LogP contribution in [-0.4, -0.2) is 35.7 Å². The Kier molecular flexibility index (Phi) is 3.71. The molecule has 24 heavy (non-hydrogen) atoms. The molecule has 1 aromatic rings. The van der Waals surface area contributed by atoms with E-state index in [1.54, 1.807) is 0 Å². The predicted octanol–water partition coefficient (Wildman–Crippen LogP) is 2.27. The molecule has 0 radical (unpaired) electrons. The lowest BCUT2D eigenvalue weighted by Crippen LogP contribution is -2.46. The van der Waals surface area contributed by atoms with Crippen LogP contribution in [0.3, 0.4) is 0 Å². The van der Waals surface area contributed by atoms with Crippen molar-refractivity contribution in [3.05, 3.63) is 35.9 Å². The zero-order valence-electron chi connectivity index (χ0n) is 14.1. The number of esters is 1. The van der Waals surface area contributed by atoms with Crippen molar-refractivity contribution in [1.29, 1.82) is 0 Å². The Balaban J connectivity index is 1.54. The molecule has 130 valence electrons. The maximum Gasteiger partial charge on any atom is 0.315 e. The minimum absolute atomic E-state index is 0.0748. The van der Waals surface area contributed by atoms with E-state index in [4.69, 9.17) is 14.2 Å². The van der Waals surface area contributed by atoms with Gasteiger partial charge >= 0.3 is 5.97 Å². The number of aliphatic hydroxyl groups is 1. The first-order valence-corrected chi connectivity index (χ1v) is 8.63. The zero-order valence-corrected chi connectivity index (χ0v) is 14.1. The van der Waals surface area contributed by atoms with Crippen molar-refractivity contribution < 1.29 is 24.1 Å². The molecule has 2 saturated carbocycles. The third kappa shape index (κ3) is 2.38. The van der Waals surface area contributed by atoms with E-state index in [9.17, 15) is 9.90 Å². The Labute approximate surface area is 141 Å². The van der Waals surface area contributed by atoms with E-state index in [0.717, 1.165) is 5.56 Å². The van der Waals surface area contributed by atoms with Crippen LogP contribution in [0, 0.1) is 17.3 Å². The molecule has 5 atom stereocenters. The van der Waals surface area contributed by atoms with Crippen molar-refractivity contribution in [3.8, 4) is 0 Å². The van der Waals surface area contributed by atoms with Gasteiger partial charge in [-0.15, -0.1) is 0 Å². The molecule has 0 aromatic heterocycles. The lowest BCUT2D eigenvalue weighted by atomic mass is 9.76. The maximum absolute atomic E-state index is 13.0. The van der Waals surface area contributed by atoms with Gasteiger partial charge in [-0.05, 0) is 44.1 Å². The second kappa shape index (κ2) is 5.55. The van der Waals surface area contributed by atoms with Crippen molar-refractivity contribution in [3.63, 3.8) is 0 Å². The number of hydrogen-bond donors (Lipinski definition) is 1. The van der Waals surface area contributed by atoms with Gasteiger partial charge in [0.1, 0.15) is 12.7 Å². The molecular formula is C19H24O5. The number of carbonyl (C=O) groups excluding carboxylic acids is 1. The highest BCUT2D eigenvalue weighted by molar-refractivity contribution is 5.79. The van der Waals surface area contributed by atoms with Gasteiger partial charge in [0.15, 0.2) is 5.79 Å². The molecule has 3 fully saturated rings. The van der Waals surface area contributed by atoms with Crippen LogP contribution in [0.5, 0.6) is 0 Å². The molecule has 0 unspecified atom stereocenters. The summed E-state index contributed by atoms with van der Waals surface area (Å²) in [7, 11) is 0. The standard InChI is InChI=1S/C19H24O5/c1-18(2)23-15-14-9-19(16(15)24-18,8-13(14)10-20)17(21)22-11-12-6-4-3-5-7-12/h3-7,13-16,20H,8-11H2,1-2H3/t13-,14-,15+,16+,19-/m0/s1. The van der Waals surface area contributed by atoms with E-state index in [-0.39, 0.29) is 43.2 Å². The molecule has 3 aliphatic rings. The molecule has 1 heterocycles. The first-order chi connectivity index (χ1) is 11.5. The number of carbonyl (C=O) groups is 1. The molecule has 4 rings (SSSR count). The summed E-state index contributed by atoms with van der Waals surface area (Å²) in [6, 6.07) is 9.67. The summed E-state index contributed by atoms with van der Waals surface area (Å²) in [6.45, 7) is 4.09. The quantitative estimate of drug-likeness (QED) is 0.857. The summed E-state index contributed by atoms with van der Waals surface area (Å²) in [5.74, 6) is -0.677. The van der Waals surface area contributed by atoms with Gasteiger partial charge in [-0.25, -0.2) is 0 Å². The van der Waals surface area contributed by atoms with Crippen LogP contribution in [0.1, 0.15) is 32.3 Å². The average Bonchev–Trinajstić information content (AvgIpc) is 3.19. The lowest BCUT2D eigenvalue weighted by Gasteiger charge is -2.34. The van der Waals surface area contributed by atoms with Gasteiger partial charge in [0, 0.05) is 6.61 Å². The molecule has 1 aliphatic heterocycles. The number of aliphatic hydroxyl groups excluding tert-OH is 1. The van der Waals surface area contributed by atoms with E-state index in [1.165, 1.54) is 0 Å². The topological polar surface area (TPSA) is 65.0 Å². The molecule has 2 aliphatic carbocycles. The van der Waals surface area contributed by atoms with Gasteiger partial charge in [0.05, 0.1) is 11.5 Å². The summed E-state index contributed by atoms with van der Waals surface area (Å²) in [4.78, 5) is 13.0. The summed E-state index contributed by atoms with van der Waals surface area (Å²) in [5, 5.41) is 9.69. The molecule has 5 nitrogen and oxygen atoms in total. The normalized spacial score (nSPS) is 39.0. The second-order valence-corrected chi connectivity index (χ2v) is 7.75. The largest absolute Gasteiger partial charge is 0.460 e. The third-order valence-corrected chi connectivity index (χ3v) is 5.78. The minimum atomic E-state index is -0.691. The highest BCUT2D eigenvalue weighted by Crippen LogP contribution is 2.62. The number of hydrogen-bond acceptors (Lipinski definition) is 5. The fourth-order valence-corrected chi connectivity index (χ4v) is 4.79. The van der Waals surface area contributed by atoms with Crippen molar-refractivity contribution in [1.82, 2.24) is 0 Å². The Morgan fingerprint density at radius 3 is 2.71 bits per heavy atom. The number of fused-ring (bicyclic) bond motifs is 5. The van der Waals surface area contributed by atoms with Crippen molar-refractivity contribution in [2.24, 2.45) is 17.3 Å². The molecule has 5 heteroatoms. The van der Waals surface area contributed by atoms with Gasteiger partial charge in [-0.1, -0.05) is 30.3 Å². The first kappa shape index (κ1) is 16.1. The fourth-order valence-electron chi connectivity index (χ4n) is 4.79. The lowest BCUT2D eigenvalue weighted by molar-refractivity contribution is -0.181. The van der Waals surface area contributed by atoms with E-state index in [2.05, 4.69) is 0 Å². The molecular weight excluding hydrogens is 308 g/mol. The van der Waals surface area contributed by atoms with Crippen LogP contribution in [-0.2, 0) is 25.6 Å². The van der Waals surface area contributed by atoms with E-state index < -0.39 is 11.2 Å². The summed E-state index contributed by atoms with van der Waals surface area (Å²) >= 11 is 0. The molecule has 2 bridgehead atoms. The zero-order chi connectivity index (χ0) is 16.9. The fraction of sp³-hybridized carbons (Fsp3) is 0.632. The van der Waals surface area contributed by atoms with Crippen LogP contribution in [0.15, 0.2) is 30.3 Å². The summed E-state index contributed by atoms with van der Waals surface area (Å²) < 4.78 is 17.8. The summed E-state index contributed by atoms with van der Waals surface area (Å²) in [5.41, 5.74) is 0.277. The smallest absolute Gasteiger partial charge is 0.315 e. The minimum Gasteiger partial charge on any atom is -0.460 e. The molecule has 1 aromatic carbocycles. The Morgan fingerprint density at radius 2 is 2.00 bits per heavy atom. The number of ether oxygens (including phenoxy) is 3. The van der Waals surface area contributed by atoms with E-state index >= 15 is 0 Å². The third-order valence-electron chi connectivity index (χ3n) is 5.78. The van der Waals surface area contributed by atoms with Crippen LogP contribution < -0.4 is 0 Å². The van der Waals surface area contributed by atoms with Crippen LogP contribution in [0.25, 0.3) is 0 Å². The average molecular weight is 332 g/mol. The molecule has 1 N–H and O–H groups in total. The first-order valence-electron chi connectivity index (χ1n) is 8.63. The highest BCUT2D eigenvalue weighted by Gasteiger charge is 2.71. The summed E-state index contributed by atoms with van der Waals surface area (Å²) in [6.07, 6.45) is 0.887. The van der Waals surface area contributed by atoms with Crippen LogP contribution in [0.2, 0.25) is 0 Å². The Morgan fingerprint density at radius 1 is 1.25 bits per heavy atom. The van der Waals surface area contributed by atoms with Gasteiger partial charge in [-0.3, -0.25) is 4.79 Å². The Hall–Kier alpha value is -1.43. The monoisotopic (exact) mass is 332 g/mol. The van der Waals surface area contributed by atoms with E-state index in [1.807, 2.05) is 44.2 Å². The van der Waals surface area contributed by atoms with E-state index in [0.29, 0.717) is 12.8 Å².